The van der Waals surface area contributed by atoms with Crippen molar-refractivity contribution in [3.05, 3.63) is 22.8 Å². The van der Waals surface area contributed by atoms with Gasteiger partial charge in [0.25, 0.3) is 0 Å². The Labute approximate surface area is 177 Å². The molecule has 1 unspecified atom stereocenters. The summed E-state index contributed by atoms with van der Waals surface area (Å²) in [7, 11) is 1.40. The highest BCUT2D eigenvalue weighted by molar-refractivity contribution is 7.99. The highest BCUT2D eigenvalue weighted by Gasteiger charge is 2.60. The lowest BCUT2D eigenvalue weighted by Gasteiger charge is -2.55. The van der Waals surface area contributed by atoms with Crippen LogP contribution in [0.2, 0.25) is 0 Å². The van der Waals surface area contributed by atoms with E-state index in [0.717, 1.165) is 24.8 Å². The molecule has 162 valence electrons. The van der Waals surface area contributed by atoms with E-state index in [1.54, 1.807) is 11.8 Å². The average molecular weight is 423 g/mol. The van der Waals surface area contributed by atoms with Crippen molar-refractivity contribution >= 4 is 17.7 Å². The summed E-state index contributed by atoms with van der Waals surface area (Å²) in [5, 5.41) is 31.5. The number of aliphatic hydroxyl groups is 1. The highest BCUT2D eigenvalue weighted by atomic mass is 32.2. The molecule has 0 bridgehead atoms. The first-order valence-corrected chi connectivity index (χ1v) is 11.6. The van der Waals surface area contributed by atoms with E-state index >= 15 is 0 Å². The number of aliphatic hydroxyl groups excluding tert-OH is 1. The quantitative estimate of drug-likeness (QED) is 0.474. The van der Waals surface area contributed by atoms with Crippen molar-refractivity contribution in [1.29, 1.82) is 0 Å². The minimum atomic E-state index is -0.959. The van der Waals surface area contributed by atoms with Gasteiger partial charge in [0.1, 0.15) is 5.41 Å². The van der Waals surface area contributed by atoms with Gasteiger partial charge in [0.05, 0.1) is 13.7 Å². The summed E-state index contributed by atoms with van der Waals surface area (Å²) in [5.74, 6) is -0.0275. The molecular weight excluding hydrogens is 388 g/mol. The Kier molecular flexibility index (Phi) is 6.17. The summed E-state index contributed by atoms with van der Waals surface area (Å²) in [6.45, 7) is 8.40. The van der Waals surface area contributed by atoms with Gasteiger partial charge in [0.15, 0.2) is 11.5 Å². The van der Waals surface area contributed by atoms with Crippen LogP contribution in [0.15, 0.2) is 6.07 Å². The molecule has 0 amide bonds. The number of phenols is 2. The van der Waals surface area contributed by atoms with Crippen molar-refractivity contribution in [2.75, 3.05) is 19.5 Å². The van der Waals surface area contributed by atoms with Crippen LogP contribution in [-0.2, 0) is 14.9 Å². The molecule has 0 radical (unpaired) electrons. The number of carbonyl (C=O) groups excluding carboxylic acids is 1. The summed E-state index contributed by atoms with van der Waals surface area (Å²) in [5.41, 5.74) is 1.07. The lowest BCUT2D eigenvalue weighted by molar-refractivity contribution is -0.156. The molecular formula is C23H34O5S. The second-order valence-electron chi connectivity index (χ2n) is 9.46. The zero-order valence-electron chi connectivity index (χ0n) is 18.1. The number of hydrogen-bond donors (Lipinski definition) is 3. The molecule has 3 rings (SSSR count). The molecule has 1 saturated carbocycles. The van der Waals surface area contributed by atoms with Gasteiger partial charge in [-0.1, -0.05) is 40.2 Å². The fourth-order valence-corrected chi connectivity index (χ4v) is 6.83. The van der Waals surface area contributed by atoms with E-state index in [0.29, 0.717) is 23.3 Å². The molecule has 3 N–H and O–H groups in total. The van der Waals surface area contributed by atoms with Gasteiger partial charge in [-0.15, -0.1) is 0 Å². The first-order chi connectivity index (χ1) is 13.6. The van der Waals surface area contributed by atoms with Gasteiger partial charge in [0.2, 0.25) is 0 Å². The van der Waals surface area contributed by atoms with Crippen LogP contribution in [-0.4, -0.2) is 40.8 Å². The van der Waals surface area contributed by atoms with E-state index in [1.807, 2.05) is 19.9 Å². The van der Waals surface area contributed by atoms with Gasteiger partial charge in [0, 0.05) is 22.1 Å². The number of methoxy groups -OCH3 is 1. The summed E-state index contributed by atoms with van der Waals surface area (Å²) in [6, 6.07) is 1.96. The standard InChI is InChI=1S/C23H34O5S/c1-13(2)14-11-15-16(29-10-9-24)12-17-22(3,4)7-6-8-23(17,21(27)28-5)18(15)20(26)19(14)25/h11,13,16-17,24-26H,6-10,12H2,1-5H3/t16?,17-,23+/m0/s1. The Morgan fingerprint density at radius 2 is 1.97 bits per heavy atom. The molecule has 2 aliphatic rings. The number of phenolic OH excluding ortho intramolecular Hbond substituents is 2. The summed E-state index contributed by atoms with van der Waals surface area (Å²) < 4.78 is 5.31. The SMILES string of the molecule is COC(=O)[C@]12CCCC(C)(C)[C@@H]1CC(SCCO)c1cc(C(C)C)c(O)c(O)c12. The summed E-state index contributed by atoms with van der Waals surface area (Å²) >= 11 is 1.65. The number of carbonyl (C=O) groups is 1. The normalized spacial score (nSPS) is 28.0. The second-order valence-corrected chi connectivity index (χ2v) is 10.8. The van der Waals surface area contributed by atoms with E-state index in [2.05, 4.69) is 13.8 Å². The van der Waals surface area contributed by atoms with Crippen molar-refractivity contribution in [3.8, 4) is 11.5 Å². The minimum absolute atomic E-state index is 0.0184. The number of rotatable bonds is 5. The molecule has 1 aromatic rings. The van der Waals surface area contributed by atoms with E-state index in [9.17, 15) is 20.1 Å². The number of thioether (sulfide) groups is 1. The van der Waals surface area contributed by atoms with Gasteiger partial charge in [-0.05, 0) is 42.1 Å². The van der Waals surface area contributed by atoms with Crippen LogP contribution in [0.5, 0.6) is 11.5 Å². The highest BCUT2D eigenvalue weighted by Crippen LogP contribution is 2.64. The first kappa shape index (κ1) is 22.3. The number of benzene rings is 1. The second kappa shape index (κ2) is 8.03. The number of fused-ring (bicyclic) bond motifs is 3. The van der Waals surface area contributed by atoms with E-state index < -0.39 is 5.41 Å². The van der Waals surface area contributed by atoms with E-state index in [4.69, 9.17) is 4.74 Å². The minimum Gasteiger partial charge on any atom is -0.504 e. The van der Waals surface area contributed by atoms with Gasteiger partial charge in [-0.2, -0.15) is 11.8 Å². The molecule has 0 aliphatic heterocycles. The van der Waals surface area contributed by atoms with Gasteiger partial charge in [-0.25, -0.2) is 0 Å². The monoisotopic (exact) mass is 422 g/mol. The molecule has 6 heteroatoms. The van der Waals surface area contributed by atoms with Gasteiger partial charge in [-0.3, -0.25) is 4.79 Å². The predicted octanol–water partition coefficient (Wildman–Crippen LogP) is 4.63. The van der Waals surface area contributed by atoms with E-state index in [-0.39, 0.29) is 46.6 Å². The van der Waals surface area contributed by atoms with Crippen LogP contribution in [0.4, 0.5) is 0 Å². The maximum atomic E-state index is 13.3. The van der Waals surface area contributed by atoms with Gasteiger partial charge < -0.3 is 20.1 Å². The molecule has 1 fully saturated rings. The fraction of sp³-hybridized carbons (Fsp3) is 0.696. The Morgan fingerprint density at radius 3 is 2.55 bits per heavy atom. The molecule has 5 nitrogen and oxygen atoms in total. The van der Waals surface area contributed by atoms with Crippen molar-refractivity contribution < 1.29 is 24.9 Å². The summed E-state index contributed by atoms with van der Waals surface area (Å²) in [6.07, 6.45) is 3.24. The molecule has 0 aromatic heterocycles. The number of hydrogen-bond acceptors (Lipinski definition) is 6. The average Bonchev–Trinajstić information content (AvgIpc) is 2.67. The Balaban J connectivity index is 2.34. The zero-order valence-corrected chi connectivity index (χ0v) is 18.9. The third kappa shape index (κ3) is 3.42. The van der Waals surface area contributed by atoms with Crippen LogP contribution in [0.25, 0.3) is 0 Å². The van der Waals surface area contributed by atoms with E-state index in [1.165, 1.54) is 7.11 Å². The number of ether oxygens (including phenoxy) is 1. The predicted molar refractivity (Wildman–Crippen MR) is 116 cm³/mol. The molecule has 0 saturated heterocycles. The maximum Gasteiger partial charge on any atom is 0.316 e. The topological polar surface area (TPSA) is 87.0 Å². The number of aromatic hydroxyl groups is 2. The van der Waals surface area contributed by atoms with Crippen LogP contribution in [0.1, 0.15) is 81.2 Å². The van der Waals surface area contributed by atoms with Crippen LogP contribution in [0, 0.1) is 11.3 Å². The van der Waals surface area contributed by atoms with Crippen molar-refractivity contribution in [1.82, 2.24) is 0 Å². The lowest BCUT2D eigenvalue weighted by atomic mass is 9.49. The lowest BCUT2D eigenvalue weighted by Crippen LogP contribution is -2.55. The Morgan fingerprint density at radius 1 is 1.28 bits per heavy atom. The third-order valence-electron chi connectivity index (χ3n) is 7.09. The molecule has 0 heterocycles. The first-order valence-electron chi connectivity index (χ1n) is 10.5. The maximum absolute atomic E-state index is 13.3. The van der Waals surface area contributed by atoms with Crippen molar-refractivity contribution in [2.24, 2.45) is 11.3 Å². The third-order valence-corrected chi connectivity index (χ3v) is 8.36. The van der Waals surface area contributed by atoms with Gasteiger partial charge >= 0.3 is 5.97 Å². The van der Waals surface area contributed by atoms with Crippen LogP contribution < -0.4 is 0 Å². The summed E-state index contributed by atoms with van der Waals surface area (Å²) in [4.78, 5) is 13.3. The molecule has 2 aliphatic carbocycles. The number of esters is 1. The largest absolute Gasteiger partial charge is 0.504 e. The van der Waals surface area contributed by atoms with Crippen molar-refractivity contribution in [3.63, 3.8) is 0 Å². The molecule has 1 aromatic carbocycles. The Hall–Kier alpha value is -1.40. The Bertz CT molecular complexity index is 788. The zero-order chi connectivity index (χ0) is 21.6. The molecule has 29 heavy (non-hydrogen) atoms. The molecule has 0 spiro atoms. The fourth-order valence-electron chi connectivity index (χ4n) is 5.74. The molecule has 3 atom stereocenters. The smallest absolute Gasteiger partial charge is 0.316 e. The van der Waals surface area contributed by atoms with Crippen LogP contribution >= 0.6 is 11.8 Å². The van der Waals surface area contributed by atoms with Crippen LogP contribution in [0.3, 0.4) is 0 Å². The van der Waals surface area contributed by atoms with Crippen molar-refractivity contribution in [2.45, 2.75) is 70.0 Å².